The van der Waals surface area contributed by atoms with Gasteiger partial charge in [-0.25, -0.2) is 0 Å². The van der Waals surface area contributed by atoms with Crippen LogP contribution in [-0.2, 0) is 6.42 Å². The average Bonchev–Trinajstić information content (AvgIpc) is 2.43. The van der Waals surface area contributed by atoms with Crippen molar-refractivity contribution in [2.75, 3.05) is 6.61 Å². The number of nitriles is 1. The van der Waals surface area contributed by atoms with Gasteiger partial charge in [0.1, 0.15) is 17.6 Å². The fourth-order valence-electron chi connectivity index (χ4n) is 1.80. The summed E-state index contributed by atoms with van der Waals surface area (Å²) in [6.07, 6.45) is 0.633. The smallest absolute Gasteiger partial charge is 0.145 e. The second-order valence-corrected chi connectivity index (χ2v) is 4.33. The third-order valence-corrected chi connectivity index (χ3v) is 2.81. The van der Waals surface area contributed by atoms with Gasteiger partial charge in [0.15, 0.2) is 0 Å². The van der Waals surface area contributed by atoms with Crippen molar-refractivity contribution < 1.29 is 9.84 Å². The van der Waals surface area contributed by atoms with E-state index in [1.165, 1.54) is 0 Å². The standard InChI is InChI=1S/C16H15NO2/c1-12-2-7-16(14(10-12)11-17)19-15-5-3-13(4-6-15)8-9-18/h2-7,10,18H,8-9H2,1H3. The van der Waals surface area contributed by atoms with Gasteiger partial charge in [0.2, 0.25) is 0 Å². The Hall–Kier alpha value is -2.31. The molecule has 0 unspecified atom stereocenters. The van der Waals surface area contributed by atoms with Crippen LogP contribution in [0.3, 0.4) is 0 Å². The third-order valence-electron chi connectivity index (χ3n) is 2.81. The Bertz CT molecular complexity index is 597. The Morgan fingerprint density at radius 3 is 2.53 bits per heavy atom. The van der Waals surface area contributed by atoms with Gasteiger partial charge in [-0.2, -0.15) is 5.26 Å². The molecule has 0 aromatic heterocycles. The van der Waals surface area contributed by atoms with Gasteiger partial charge in [-0.05, 0) is 48.7 Å². The molecule has 3 heteroatoms. The number of aliphatic hydroxyl groups is 1. The number of aliphatic hydroxyl groups excluding tert-OH is 1. The zero-order chi connectivity index (χ0) is 13.7. The van der Waals surface area contributed by atoms with E-state index in [2.05, 4.69) is 6.07 Å². The Kier molecular flexibility index (Phi) is 4.17. The Morgan fingerprint density at radius 2 is 1.89 bits per heavy atom. The predicted molar refractivity (Wildman–Crippen MR) is 73.2 cm³/mol. The van der Waals surface area contributed by atoms with Gasteiger partial charge in [0.25, 0.3) is 0 Å². The van der Waals surface area contributed by atoms with Gasteiger partial charge in [-0.3, -0.25) is 0 Å². The Balaban J connectivity index is 2.19. The molecule has 0 atom stereocenters. The minimum atomic E-state index is 0.136. The lowest BCUT2D eigenvalue weighted by Gasteiger charge is -2.08. The highest BCUT2D eigenvalue weighted by Gasteiger charge is 2.05. The van der Waals surface area contributed by atoms with Crippen LogP contribution in [0.1, 0.15) is 16.7 Å². The monoisotopic (exact) mass is 253 g/mol. The third kappa shape index (κ3) is 3.34. The predicted octanol–water partition coefficient (Wildman–Crippen LogP) is 3.19. The summed E-state index contributed by atoms with van der Waals surface area (Å²) in [6.45, 7) is 2.07. The molecule has 0 radical (unpaired) electrons. The summed E-state index contributed by atoms with van der Waals surface area (Å²) >= 11 is 0. The van der Waals surface area contributed by atoms with Crippen molar-refractivity contribution in [1.29, 1.82) is 5.26 Å². The number of benzene rings is 2. The first-order valence-corrected chi connectivity index (χ1v) is 6.11. The van der Waals surface area contributed by atoms with Crippen molar-refractivity contribution in [3.63, 3.8) is 0 Å². The molecule has 19 heavy (non-hydrogen) atoms. The fourth-order valence-corrected chi connectivity index (χ4v) is 1.80. The molecule has 0 aliphatic carbocycles. The maximum absolute atomic E-state index is 9.08. The van der Waals surface area contributed by atoms with E-state index in [9.17, 15) is 0 Å². The van der Waals surface area contributed by atoms with Crippen LogP contribution < -0.4 is 4.74 Å². The lowest BCUT2D eigenvalue weighted by atomic mass is 10.1. The van der Waals surface area contributed by atoms with Crippen molar-refractivity contribution in [3.8, 4) is 17.6 Å². The van der Waals surface area contributed by atoms with Crippen LogP contribution in [0.25, 0.3) is 0 Å². The number of aryl methyl sites for hydroxylation is 1. The normalized spacial score (nSPS) is 9.95. The highest BCUT2D eigenvalue weighted by Crippen LogP contribution is 2.26. The zero-order valence-corrected chi connectivity index (χ0v) is 10.8. The second-order valence-electron chi connectivity index (χ2n) is 4.33. The topological polar surface area (TPSA) is 53.2 Å². The molecule has 0 aliphatic heterocycles. The zero-order valence-electron chi connectivity index (χ0n) is 10.8. The molecule has 0 saturated carbocycles. The molecule has 0 bridgehead atoms. The lowest BCUT2D eigenvalue weighted by molar-refractivity contribution is 0.299. The minimum Gasteiger partial charge on any atom is -0.456 e. The van der Waals surface area contributed by atoms with E-state index in [1.54, 1.807) is 12.1 Å². The number of hydrogen-bond donors (Lipinski definition) is 1. The lowest BCUT2D eigenvalue weighted by Crippen LogP contribution is -1.92. The molecule has 0 aliphatic rings. The molecule has 96 valence electrons. The van der Waals surface area contributed by atoms with E-state index < -0.39 is 0 Å². The van der Waals surface area contributed by atoms with Gasteiger partial charge in [0, 0.05) is 6.61 Å². The van der Waals surface area contributed by atoms with E-state index in [-0.39, 0.29) is 6.61 Å². The van der Waals surface area contributed by atoms with Crippen LogP contribution in [-0.4, -0.2) is 11.7 Å². The van der Waals surface area contributed by atoms with Crippen molar-refractivity contribution in [2.45, 2.75) is 13.3 Å². The molecule has 1 N–H and O–H groups in total. The molecule has 0 saturated heterocycles. The summed E-state index contributed by atoms with van der Waals surface area (Å²) in [4.78, 5) is 0. The van der Waals surface area contributed by atoms with Gasteiger partial charge in [-0.15, -0.1) is 0 Å². The maximum atomic E-state index is 9.08. The van der Waals surface area contributed by atoms with Crippen LogP contribution in [0.15, 0.2) is 42.5 Å². The van der Waals surface area contributed by atoms with E-state index in [0.717, 1.165) is 11.1 Å². The van der Waals surface area contributed by atoms with E-state index in [4.69, 9.17) is 15.1 Å². The molecule has 0 fully saturated rings. The molecule has 2 aromatic carbocycles. The summed E-state index contributed by atoms with van der Waals surface area (Å²) in [5.41, 5.74) is 2.61. The summed E-state index contributed by atoms with van der Waals surface area (Å²) < 4.78 is 5.70. The summed E-state index contributed by atoms with van der Waals surface area (Å²) in [6, 6.07) is 15.1. The van der Waals surface area contributed by atoms with Gasteiger partial charge in [0.05, 0.1) is 5.56 Å². The van der Waals surface area contributed by atoms with E-state index in [1.807, 2.05) is 37.3 Å². The molecule has 3 nitrogen and oxygen atoms in total. The van der Waals surface area contributed by atoms with Gasteiger partial charge in [-0.1, -0.05) is 18.2 Å². The van der Waals surface area contributed by atoms with Crippen molar-refractivity contribution in [1.82, 2.24) is 0 Å². The second kappa shape index (κ2) is 6.03. The fraction of sp³-hybridized carbons (Fsp3) is 0.188. The highest BCUT2D eigenvalue weighted by molar-refractivity contribution is 5.47. The van der Waals surface area contributed by atoms with Crippen molar-refractivity contribution in [2.24, 2.45) is 0 Å². The van der Waals surface area contributed by atoms with E-state index in [0.29, 0.717) is 23.5 Å². The molecule has 0 amide bonds. The molecular weight excluding hydrogens is 238 g/mol. The minimum absolute atomic E-state index is 0.136. The maximum Gasteiger partial charge on any atom is 0.145 e. The number of nitrogens with zero attached hydrogens (tertiary/aromatic N) is 1. The summed E-state index contributed by atoms with van der Waals surface area (Å²) in [5.74, 6) is 1.24. The first-order chi connectivity index (χ1) is 9.22. The van der Waals surface area contributed by atoms with Crippen molar-refractivity contribution >= 4 is 0 Å². The Morgan fingerprint density at radius 1 is 1.16 bits per heavy atom. The largest absolute Gasteiger partial charge is 0.456 e. The Labute approximate surface area is 112 Å². The van der Waals surface area contributed by atoms with Crippen LogP contribution in [0.5, 0.6) is 11.5 Å². The number of hydrogen-bond acceptors (Lipinski definition) is 3. The number of rotatable bonds is 4. The van der Waals surface area contributed by atoms with Crippen LogP contribution in [0.4, 0.5) is 0 Å². The quantitative estimate of drug-likeness (QED) is 0.910. The SMILES string of the molecule is Cc1ccc(Oc2ccc(CCO)cc2)c(C#N)c1. The average molecular weight is 253 g/mol. The molecule has 2 rings (SSSR count). The number of ether oxygens (including phenoxy) is 1. The molecule has 2 aromatic rings. The summed E-state index contributed by atoms with van der Waals surface area (Å²) in [7, 11) is 0. The van der Waals surface area contributed by atoms with Crippen molar-refractivity contribution in [3.05, 3.63) is 59.2 Å². The van der Waals surface area contributed by atoms with Crippen LogP contribution >= 0.6 is 0 Å². The molecule has 0 spiro atoms. The molecular formula is C16H15NO2. The first-order valence-electron chi connectivity index (χ1n) is 6.11. The van der Waals surface area contributed by atoms with E-state index >= 15 is 0 Å². The van der Waals surface area contributed by atoms with Crippen LogP contribution in [0.2, 0.25) is 0 Å². The van der Waals surface area contributed by atoms with Gasteiger partial charge < -0.3 is 9.84 Å². The summed E-state index contributed by atoms with van der Waals surface area (Å²) in [5, 5.41) is 17.9. The van der Waals surface area contributed by atoms with Gasteiger partial charge >= 0.3 is 0 Å². The van der Waals surface area contributed by atoms with Crippen LogP contribution in [0, 0.1) is 18.3 Å². The highest BCUT2D eigenvalue weighted by atomic mass is 16.5. The molecule has 0 heterocycles. The first kappa shape index (κ1) is 13.1.